The van der Waals surface area contributed by atoms with Crippen molar-refractivity contribution in [1.82, 2.24) is 4.67 Å². The summed E-state index contributed by atoms with van der Waals surface area (Å²) in [7, 11) is 1.90. The second-order valence-electron chi connectivity index (χ2n) is 12.0. The molecule has 4 unspecified atom stereocenters. The number of benzene rings is 3. The molecule has 3 aromatic carbocycles. The van der Waals surface area contributed by atoms with Crippen molar-refractivity contribution in [3.63, 3.8) is 0 Å². The summed E-state index contributed by atoms with van der Waals surface area (Å²) < 4.78 is 45.7. The Morgan fingerprint density at radius 1 is 0.787 bits per heavy atom. The molecule has 1 aliphatic heterocycles. The molecule has 257 valence electrons. The molecule has 4 atom stereocenters. The average molecular weight is 668 g/mol. The Balaban J connectivity index is 1.68. The third-order valence-corrected chi connectivity index (χ3v) is 10.1. The summed E-state index contributed by atoms with van der Waals surface area (Å²) in [6.45, 7) is 12.7. The standard InChI is InChI=1S/C37H52N2O7P/c1-27(2)39(28(3)4)47(44-24-23-42-22-21-38)46-35-25-29(5)45-36(35)26-43-37(30-11-9-8-10-12-30,31-13-17-33(40-6)18-14-31)32-15-19-34(41-7)20-16-32/h8-20,25,27-29,35-36H,21-24,26,38H2,1-7H3. The van der Waals surface area contributed by atoms with Crippen LogP contribution in [0, 0.1) is 6.42 Å². The lowest BCUT2D eigenvalue weighted by Gasteiger charge is -2.39. The van der Waals surface area contributed by atoms with Crippen molar-refractivity contribution in [2.75, 3.05) is 47.2 Å². The summed E-state index contributed by atoms with van der Waals surface area (Å²) >= 11 is 0. The highest BCUT2D eigenvalue weighted by Crippen LogP contribution is 2.49. The summed E-state index contributed by atoms with van der Waals surface area (Å²) in [5.41, 5.74) is 7.52. The monoisotopic (exact) mass is 667 g/mol. The van der Waals surface area contributed by atoms with Crippen LogP contribution in [-0.4, -0.2) is 82.3 Å². The van der Waals surface area contributed by atoms with E-state index in [0.717, 1.165) is 28.2 Å². The first-order chi connectivity index (χ1) is 22.7. The zero-order valence-electron chi connectivity index (χ0n) is 28.8. The van der Waals surface area contributed by atoms with E-state index in [0.29, 0.717) is 26.4 Å². The number of nitrogens with zero attached hydrogens (tertiary/aromatic N) is 1. The SMILES string of the molecule is COc1ccc(C(OCC2OC(C)[CH]C2OP(OCCOCCN)N(C(C)C)C(C)C)(c2ccccc2)c2ccc(OC)cc2)cc1. The zero-order valence-corrected chi connectivity index (χ0v) is 29.7. The second kappa shape index (κ2) is 18.2. The normalized spacial score (nSPS) is 19.1. The third kappa shape index (κ3) is 9.52. The van der Waals surface area contributed by atoms with Gasteiger partial charge in [-0.05, 0) is 75.6 Å². The van der Waals surface area contributed by atoms with E-state index < -0.39 is 14.1 Å². The fraction of sp³-hybridized carbons (Fsp3) is 0.486. The van der Waals surface area contributed by atoms with Gasteiger partial charge in [0.1, 0.15) is 23.2 Å². The molecule has 1 heterocycles. The van der Waals surface area contributed by atoms with Crippen LogP contribution in [0.4, 0.5) is 0 Å². The van der Waals surface area contributed by atoms with Crippen LogP contribution in [0.1, 0.15) is 51.3 Å². The number of nitrogens with two attached hydrogens (primary N) is 1. The van der Waals surface area contributed by atoms with Gasteiger partial charge in [0.15, 0.2) is 0 Å². The van der Waals surface area contributed by atoms with E-state index in [1.807, 2.05) is 49.4 Å². The van der Waals surface area contributed by atoms with Gasteiger partial charge in [-0.2, -0.15) is 0 Å². The maximum absolute atomic E-state index is 7.17. The summed E-state index contributed by atoms with van der Waals surface area (Å²) in [6, 6.07) is 26.7. The Labute approximate surface area is 282 Å². The highest BCUT2D eigenvalue weighted by molar-refractivity contribution is 7.44. The number of rotatable bonds is 19. The third-order valence-electron chi connectivity index (χ3n) is 8.00. The lowest BCUT2D eigenvalue weighted by Crippen LogP contribution is -2.40. The molecule has 1 saturated heterocycles. The molecule has 4 rings (SSSR count). The van der Waals surface area contributed by atoms with Gasteiger partial charge >= 0.3 is 0 Å². The van der Waals surface area contributed by atoms with Gasteiger partial charge in [0, 0.05) is 25.0 Å². The molecule has 0 aromatic heterocycles. The molecule has 3 aromatic rings. The molecule has 0 spiro atoms. The van der Waals surface area contributed by atoms with E-state index >= 15 is 0 Å². The fourth-order valence-electron chi connectivity index (χ4n) is 5.90. The van der Waals surface area contributed by atoms with Crippen LogP contribution in [0.15, 0.2) is 78.9 Å². The summed E-state index contributed by atoms with van der Waals surface area (Å²) in [5.74, 6) is 1.53. The van der Waals surface area contributed by atoms with Gasteiger partial charge in [0.05, 0.1) is 52.9 Å². The van der Waals surface area contributed by atoms with Gasteiger partial charge in [-0.25, -0.2) is 4.67 Å². The molecule has 0 saturated carbocycles. The minimum atomic E-state index is -1.43. The molecule has 9 nitrogen and oxygen atoms in total. The second-order valence-corrected chi connectivity index (χ2v) is 13.4. The molecule has 2 N–H and O–H groups in total. The molecule has 47 heavy (non-hydrogen) atoms. The molecule has 0 amide bonds. The van der Waals surface area contributed by atoms with E-state index in [1.54, 1.807) is 14.2 Å². The van der Waals surface area contributed by atoms with Crippen molar-refractivity contribution in [3.05, 3.63) is 102 Å². The van der Waals surface area contributed by atoms with Crippen molar-refractivity contribution in [3.8, 4) is 11.5 Å². The Hall–Kier alpha value is -2.59. The Kier molecular flexibility index (Phi) is 14.5. The first kappa shape index (κ1) is 37.2. The molecule has 1 radical (unpaired) electrons. The van der Waals surface area contributed by atoms with Crippen molar-refractivity contribution in [2.45, 2.75) is 70.6 Å². The molecule has 0 bridgehead atoms. The van der Waals surface area contributed by atoms with Crippen LogP contribution in [0.5, 0.6) is 11.5 Å². The average Bonchev–Trinajstić information content (AvgIpc) is 3.43. The highest BCUT2D eigenvalue weighted by Gasteiger charge is 2.43. The molecular formula is C37H52N2O7P. The maximum atomic E-state index is 7.17. The molecule has 1 aliphatic rings. The number of methoxy groups -OCH3 is 2. The first-order valence-electron chi connectivity index (χ1n) is 16.4. The highest BCUT2D eigenvalue weighted by atomic mass is 31.2. The first-order valence-corrected chi connectivity index (χ1v) is 17.5. The number of hydrogen-bond acceptors (Lipinski definition) is 9. The summed E-state index contributed by atoms with van der Waals surface area (Å²) in [5, 5.41) is 0. The summed E-state index contributed by atoms with van der Waals surface area (Å²) in [4.78, 5) is 0. The van der Waals surface area contributed by atoms with Crippen LogP contribution < -0.4 is 15.2 Å². The smallest absolute Gasteiger partial charge is 0.259 e. The quantitative estimate of drug-likeness (QED) is 0.0849. The van der Waals surface area contributed by atoms with Gasteiger partial charge < -0.3 is 38.5 Å². The van der Waals surface area contributed by atoms with Gasteiger partial charge in [0.2, 0.25) is 0 Å². The minimum absolute atomic E-state index is 0.127. The van der Waals surface area contributed by atoms with E-state index in [-0.39, 0.29) is 37.0 Å². The van der Waals surface area contributed by atoms with E-state index in [1.165, 1.54) is 0 Å². The van der Waals surface area contributed by atoms with Crippen LogP contribution in [0.2, 0.25) is 0 Å². The van der Waals surface area contributed by atoms with Crippen molar-refractivity contribution < 1.29 is 32.7 Å². The van der Waals surface area contributed by atoms with Crippen molar-refractivity contribution >= 4 is 8.53 Å². The lowest BCUT2D eigenvalue weighted by atomic mass is 9.80. The van der Waals surface area contributed by atoms with Crippen LogP contribution in [0.3, 0.4) is 0 Å². The predicted molar refractivity (Wildman–Crippen MR) is 187 cm³/mol. The lowest BCUT2D eigenvalue weighted by molar-refractivity contribution is -0.0779. The Morgan fingerprint density at radius 3 is 1.85 bits per heavy atom. The van der Waals surface area contributed by atoms with Gasteiger partial charge in [-0.3, -0.25) is 0 Å². The molecular weight excluding hydrogens is 615 g/mol. The zero-order chi connectivity index (χ0) is 33.8. The van der Waals surface area contributed by atoms with Crippen molar-refractivity contribution in [2.24, 2.45) is 5.73 Å². The Bertz CT molecular complexity index is 1260. The van der Waals surface area contributed by atoms with Gasteiger partial charge in [0.25, 0.3) is 8.53 Å². The van der Waals surface area contributed by atoms with Crippen LogP contribution >= 0.6 is 8.53 Å². The Morgan fingerprint density at radius 2 is 1.34 bits per heavy atom. The predicted octanol–water partition coefficient (Wildman–Crippen LogP) is 6.73. The molecule has 10 heteroatoms. The fourth-order valence-corrected chi connectivity index (χ4v) is 7.60. The number of ether oxygens (including phenoxy) is 5. The van der Waals surface area contributed by atoms with E-state index in [2.05, 4.69) is 75.2 Å². The summed E-state index contributed by atoms with van der Waals surface area (Å²) in [6.07, 6.45) is 1.23. The topological polar surface area (TPSA) is 93.9 Å². The molecule has 1 fully saturated rings. The number of hydrogen-bond donors (Lipinski definition) is 1. The van der Waals surface area contributed by atoms with Gasteiger partial charge in [-0.1, -0.05) is 54.6 Å². The van der Waals surface area contributed by atoms with Crippen LogP contribution in [-0.2, 0) is 28.9 Å². The van der Waals surface area contributed by atoms with Gasteiger partial charge in [-0.15, -0.1) is 0 Å². The van der Waals surface area contributed by atoms with Crippen LogP contribution in [0.25, 0.3) is 0 Å². The van der Waals surface area contributed by atoms with E-state index in [9.17, 15) is 0 Å². The largest absolute Gasteiger partial charge is 0.497 e. The van der Waals surface area contributed by atoms with E-state index in [4.69, 9.17) is 38.5 Å². The van der Waals surface area contributed by atoms with Crippen molar-refractivity contribution in [1.29, 1.82) is 0 Å². The maximum Gasteiger partial charge on any atom is 0.259 e. The molecule has 0 aliphatic carbocycles. The minimum Gasteiger partial charge on any atom is -0.497 e.